The number of fused-ring (bicyclic) bond motifs is 1. The van der Waals surface area contributed by atoms with Crippen molar-refractivity contribution < 1.29 is 21.3 Å². The Hall–Kier alpha value is -2.55. The van der Waals surface area contributed by atoms with E-state index in [0.717, 1.165) is 11.1 Å². The van der Waals surface area contributed by atoms with Crippen LogP contribution in [-0.4, -0.2) is 16.8 Å². The first-order chi connectivity index (χ1) is 14.2. The Kier molecular flexibility index (Phi) is 5.25. The number of furan rings is 1. The smallest absolute Gasteiger partial charge is 0.240 e. The number of hydrogen-bond acceptors (Lipinski definition) is 6. The van der Waals surface area contributed by atoms with Gasteiger partial charge in [-0.15, -0.1) is 0 Å². The van der Waals surface area contributed by atoms with Gasteiger partial charge in [-0.3, -0.25) is 0 Å². The van der Waals surface area contributed by atoms with Gasteiger partial charge in [0.05, 0.1) is 14.7 Å². The van der Waals surface area contributed by atoms with Crippen molar-refractivity contribution in [3.05, 3.63) is 83.9 Å². The average molecular weight is 459 g/mol. The Balaban J connectivity index is 1.89. The highest BCUT2D eigenvalue weighted by Gasteiger charge is 2.32. The van der Waals surface area contributed by atoms with Crippen LogP contribution < -0.4 is 0 Å². The van der Waals surface area contributed by atoms with Gasteiger partial charge in [-0.1, -0.05) is 47.5 Å². The summed E-state index contributed by atoms with van der Waals surface area (Å²) in [7, 11) is -7.44. The molecule has 0 amide bonds. The lowest BCUT2D eigenvalue weighted by atomic mass is 10.2. The van der Waals surface area contributed by atoms with Crippen LogP contribution in [0.15, 0.2) is 97.0 Å². The lowest BCUT2D eigenvalue weighted by molar-refractivity contribution is 0.468. The second kappa shape index (κ2) is 7.61. The average Bonchev–Trinajstić information content (AvgIpc) is 3.07. The molecule has 0 aliphatic rings. The predicted octanol–water partition coefficient (Wildman–Crippen LogP) is 5.36. The normalized spacial score (nSPS) is 12.3. The highest BCUT2D eigenvalue weighted by atomic mass is 33.1. The third-order valence-electron chi connectivity index (χ3n) is 4.60. The van der Waals surface area contributed by atoms with E-state index in [0.29, 0.717) is 21.8 Å². The number of rotatable bonds is 5. The molecule has 0 saturated carbocycles. The fourth-order valence-electron chi connectivity index (χ4n) is 2.94. The molecule has 0 aliphatic carbocycles. The molecule has 30 heavy (non-hydrogen) atoms. The zero-order valence-electron chi connectivity index (χ0n) is 16.2. The fourth-order valence-corrected chi connectivity index (χ4v) is 7.75. The fraction of sp³-hybridized carbons (Fsp3) is 0.0909. The molecule has 3 aromatic carbocycles. The summed E-state index contributed by atoms with van der Waals surface area (Å²) in [6.45, 7) is 3.71. The third kappa shape index (κ3) is 3.78. The topological polar surface area (TPSA) is 81.4 Å². The number of sulfone groups is 1. The molecule has 8 heteroatoms. The van der Waals surface area contributed by atoms with E-state index in [9.17, 15) is 16.8 Å². The molecule has 4 rings (SSSR count). The van der Waals surface area contributed by atoms with Crippen molar-refractivity contribution in [3.8, 4) is 0 Å². The SMILES string of the molecule is Cc1ccc(S(=O)(=O)Sc2c(S(=O)(=O)c3ccc(C)cc3)oc3ccccc23)cc1. The molecular formula is C22H18O5S3. The summed E-state index contributed by atoms with van der Waals surface area (Å²) in [4.78, 5) is 0.204. The van der Waals surface area contributed by atoms with Gasteiger partial charge in [0.2, 0.25) is 23.8 Å². The van der Waals surface area contributed by atoms with Crippen molar-refractivity contribution >= 4 is 40.5 Å². The zero-order valence-corrected chi connectivity index (χ0v) is 18.6. The summed E-state index contributed by atoms with van der Waals surface area (Å²) in [5.74, 6) is 0. The minimum atomic E-state index is -4.06. The van der Waals surface area contributed by atoms with E-state index >= 15 is 0 Å². The number of aryl methyl sites for hydroxylation is 2. The Morgan fingerprint density at radius 1 is 0.700 bits per heavy atom. The van der Waals surface area contributed by atoms with E-state index < -0.39 is 18.7 Å². The van der Waals surface area contributed by atoms with Crippen molar-refractivity contribution in [1.82, 2.24) is 0 Å². The third-order valence-corrected chi connectivity index (χ3v) is 9.77. The molecule has 154 valence electrons. The predicted molar refractivity (Wildman–Crippen MR) is 117 cm³/mol. The lowest BCUT2D eigenvalue weighted by Crippen LogP contribution is -2.03. The second-order valence-electron chi connectivity index (χ2n) is 6.88. The molecule has 1 aromatic heterocycles. The van der Waals surface area contributed by atoms with Crippen LogP contribution in [0, 0.1) is 13.8 Å². The summed E-state index contributed by atoms with van der Waals surface area (Å²) in [5.41, 5.74) is 2.15. The van der Waals surface area contributed by atoms with Crippen molar-refractivity contribution in [1.29, 1.82) is 0 Å². The largest absolute Gasteiger partial charge is 0.443 e. The molecule has 0 spiro atoms. The van der Waals surface area contributed by atoms with E-state index in [4.69, 9.17) is 4.42 Å². The van der Waals surface area contributed by atoms with Crippen molar-refractivity contribution in [2.45, 2.75) is 33.6 Å². The summed E-state index contributed by atoms with van der Waals surface area (Å²) in [6, 6.07) is 19.4. The van der Waals surface area contributed by atoms with Gasteiger partial charge in [0.15, 0.2) is 0 Å². The summed E-state index contributed by atoms with van der Waals surface area (Å²) in [6.07, 6.45) is 0. The van der Waals surface area contributed by atoms with Crippen LogP contribution in [0.5, 0.6) is 0 Å². The summed E-state index contributed by atoms with van der Waals surface area (Å²) in [5, 5.41) is 0.0668. The molecule has 0 aliphatic heterocycles. The van der Waals surface area contributed by atoms with Crippen LogP contribution >= 0.6 is 10.8 Å². The minimum Gasteiger partial charge on any atom is -0.443 e. The van der Waals surface area contributed by atoms with E-state index in [2.05, 4.69) is 0 Å². The van der Waals surface area contributed by atoms with Gasteiger partial charge in [-0.2, -0.15) is 0 Å². The highest BCUT2D eigenvalue weighted by Crippen LogP contribution is 2.43. The molecular weight excluding hydrogens is 440 g/mol. The van der Waals surface area contributed by atoms with Crippen LogP contribution in [0.3, 0.4) is 0 Å². The van der Waals surface area contributed by atoms with Crippen molar-refractivity contribution in [2.24, 2.45) is 0 Å². The molecule has 0 fully saturated rings. The number of para-hydroxylation sites is 1. The van der Waals surface area contributed by atoms with E-state index in [1.165, 1.54) is 24.3 Å². The number of benzene rings is 3. The highest BCUT2D eigenvalue weighted by molar-refractivity contribution is 8.72. The van der Waals surface area contributed by atoms with Crippen LogP contribution in [0.1, 0.15) is 11.1 Å². The molecule has 4 aromatic rings. The Morgan fingerprint density at radius 2 is 1.23 bits per heavy atom. The van der Waals surface area contributed by atoms with Crippen LogP contribution in [0.4, 0.5) is 0 Å². The molecule has 0 unspecified atom stereocenters. The molecule has 5 nitrogen and oxygen atoms in total. The molecule has 0 atom stereocenters. The maximum atomic E-state index is 13.3. The van der Waals surface area contributed by atoms with Gasteiger partial charge in [-0.25, -0.2) is 16.8 Å². The first-order valence-electron chi connectivity index (χ1n) is 9.03. The van der Waals surface area contributed by atoms with Gasteiger partial charge >= 0.3 is 0 Å². The molecule has 0 N–H and O–H groups in total. The Morgan fingerprint density at radius 3 is 1.83 bits per heavy atom. The zero-order chi connectivity index (χ0) is 21.5. The van der Waals surface area contributed by atoms with Crippen molar-refractivity contribution in [2.75, 3.05) is 0 Å². The van der Waals surface area contributed by atoms with E-state index in [1.807, 2.05) is 13.8 Å². The molecule has 0 bridgehead atoms. The van der Waals surface area contributed by atoms with Gasteiger partial charge in [-0.05, 0) is 50.2 Å². The van der Waals surface area contributed by atoms with E-state index in [1.54, 1.807) is 48.5 Å². The number of hydrogen-bond donors (Lipinski definition) is 0. The van der Waals surface area contributed by atoms with Gasteiger partial charge in [0, 0.05) is 16.2 Å². The summed E-state index contributed by atoms with van der Waals surface area (Å²) < 4.78 is 58.4. The quantitative estimate of drug-likeness (QED) is 0.374. The molecule has 0 radical (unpaired) electrons. The van der Waals surface area contributed by atoms with Gasteiger partial charge in [0.1, 0.15) is 5.58 Å². The monoisotopic (exact) mass is 458 g/mol. The molecule has 0 saturated heterocycles. The maximum Gasteiger partial charge on any atom is 0.240 e. The maximum absolute atomic E-state index is 13.3. The lowest BCUT2D eigenvalue weighted by Gasteiger charge is -2.07. The van der Waals surface area contributed by atoms with Crippen molar-refractivity contribution in [3.63, 3.8) is 0 Å². The van der Waals surface area contributed by atoms with Crippen LogP contribution in [-0.2, 0) is 18.7 Å². The first kappa shape index (κ1) is 20.7. The Labute approximate surface area is 179 Å². The standard InChI is InChI=1S/C22H18O5S3/c1-15-7-11-17(12-8-15)29(23,24)22-21(19-5-3-4-6-20(19)27-22)28-30(25,26)18-13-9-16(2)10-14-18/h3-14H,1-2H3. The van der Waals surface area contributed by atoms with Gasteiger partial charge in [0.25, 0.3) is 0 Å². The Bertz CT molecular complexity index is 1430. The van der Waals surface area contributed by atoms with Gasteiger partial charge < -0.3 is 4.42 Å². The second-order valence-corrected chi connectivity index (χ2v) is 12.5. The van der Waals surface area contributed by atoms with Crippen LogP contribution in [0.25, 0.3) is 11.0 Å². The van der Waals surface area contributed by atoms with Crippen LogP contribution in [0.2, 0.25) is 0 Å². The van der Waals surface area contributed by atoms with E-state index in [-0.39, 0.29) is 19.8 Å². The minimum absolute atomic E-state index is 0.0433. The first-order valence-corrected chi connectivity index (χ1v) is 13.3. The molecule has 1 heterocycles. The summed E-state index contributed by atoms with van der Waals surface area (Å²) >= 11 is 0.